The van der Waals surface area contributed by atoms with Crippen molar-refractivity contribution in [3.05, 3.63) is 59.7 Å². The van der Waals surface area contributed by atoms with Crippen molar-refractivity contribution >= 4 is 16.0 Å². The van der Waals surface area contributed by atoms with Gasteiger partial charge in [-0.15, -0.1) is 0 Å². The second-order valence-electron chi connectivity index (χ2n) is 7.48. The van der Waals surface area contributed by atoms with Gasteiger partial charge in [0, 0.05) is 12.0 Å². The first-order valence-corrected chi connectivity index (χ1v) is 11.2. The molecule has 0 aromatic heterocycles. The van der Waals surface area contributed by atoms with Crippen LogP contribution in [0.15, 0.2) is 48.5 Å². The van der Waals surface area contributed by atoms with E-state index in [4.69, 9.17) is 4.74 Å². The maximum Gasteiger partial charge on any atom is 0.338 e. The van der Waals surface area contributed by atoms with Gasteiger partial charge in [-0.2, -0.15) is 0 Å². The van der Waals surface area contributed by atoms with E-state index in [2.05, 4.69) is 4.72 Å². The topological polar surface area (TPSA) is 72.5 Å². The van der Waals surface area contributed by atoms with E-state index in [1.807, 2.05) is 42.5 Å². The fraction of sp³-hybridized carbons (Fsp3) is 0.409. The standard InChI is InChI=1S/C22H27NO4S/c1-15(2)28(25,26)23-20-14-8-12-18(20)21-17(16-9-5-4-6-10-16)11-7-13-19(21)22(24)27-3/h4-7,9-11,13,15,18,20,23H,8,12,14H2,1-3H3. The Morgan fingerprint density at radius 1 is 1.07 bits per heavy atom. The number of benzene rings is 2. The van der Waals surface area contributed by atoms with Crippen molar-refractivity contribution < 1.29 is 17.9 Å². The molecule has 150 valence electrons. The summed E-state index contributed by atoms with van der Waals surface area (Å²) in [6.45, 7) is 3.34. The summed E-state index contributed by atoms with van der Waals surface area (Å²) in [5, 5.41) is -0.502. The van der Waals surface area contributed by atoms with E-state index in [1.54, 1.807) is 19.9 Å². The lowest BCUT2D eigenvalue weighted by atomic mass is 9.84. The molecule has 0 radical (unpaired) electrons. The second kappa shape index (κ2) is 8.45. The van der Waals surface area contributed by atoms with Gasteiger partial charge >= 0.3 is 5.97 Å². The average Bonchev–Trinajstić information content (AvgIpc) is 3.14. The molecule has 0 amide bonds. The maximum absolute atomic E-state index is 12.5. The molecule has 1 fully saturated rings. The van der Waals surface area contributed by atoms with Crippen molar-refractivity contribution in [1.29, 1.82) is 0 Å². The van der Waals surface area contributed by atoms with Crippen LogP contribution in [-0.2, 0) is 14.8 Å². The van der Waals surface area contributed by atoms with Crippen molar-refractivity contribution in [2.24, 2.45) is 0 Å². The second-order valence-corrected chi connectivity index (χ2v) is 9.75. The van der Waals surface area contributed by atoms with Crippen LogP contribution in [0.2, 0.25) is 0 Å². The number of hydrogen-bond acceptors (Lipinski definition) is 4. The quantitative estimate of drug-likeness (QED) is 0.740. The van der Waals surface area contributed by atoms with Crippen molar-refractivity contribution in [1.82, 2.24) is 4.72 Å². The van der Waals surface area contributed by atoms with Crippen LogP contribution in [-0.4, -0.2) is 32.8 Å². The van der Waals surface area contributed by atoms with Gasteiger partial charge in [-0.3, -0.25) is 0 Å². The maximum atomic E-state index is 12.5. The highest BCUT2D eigenvalue weighted by Crippen LogP contribution is 2.42. The number of methoxy groups -OCH3 is 1. The summed E-state index contributed by atoms with van der Waals surface area (Å²) in [6.07, 6.45) is 2.47. The predicted molar refractivity (Wildman–Crippen MR) is 111 cm³/mol. The number of esters is 1. The lowest BCUT2D eigenvalue weighted by molar-refractivity contribution is 0.0599. The third-order valence-corrected chi connectivity index (χ3v) is 7.29. The van der Waals surface area contributed by atoms with Crippen molar-refractivity contribution in [2.75, 3.05) is 7.11 Å². The van der Waals surface area contributed by atoms with Gasteiger partial charge in [0.1, 0.15) is 0 Å². The highest BCUT2D eigenvalue weighted by atomic mass is 32.2. The number of carbonyl (C=O) groups excluding carboxylic acids is 1. The first kappa shape index (κ1) is 20.6. The summed E-state index contributed by atoms with van der Waals surface area (Å²) in [7, 11) is -2.03. The minimum atomic E-state index is -3.40. The molecule has 5 nitrogen and oxygen atoms in total. The van der Waals surface area contributed by atoms with Crippen LogP contribution in [0.25, 0.3) is 11.1 Å². The molecule has 1 aliphatic rings. The molecule has 0 aliphatic heterocycles. The first-order chi connectivity index (χ1) is 13.3. The highest BCUT2D eigenvalue weighted by molar-refractivity contribution is 7.90. The Morgan fingerprint density at radius 2 is 1.79 bits per heavy atom. The SMILES string of the molecule is COC(=O)c1cccc(-c2ccccc2)c1C1CCCC1NS(=O)(=O)C(C)C. The molecule has 2 atom stereocenters. The minimum absolute atomic E-state index is 0.0842. The number of carbonyl (C=O) groups is 1. The number of nitrogens with one attached hydrogen (secondary N) is 1. The van der Waals surface area contributed by atoms with Crippen LogP contribution in [0.5, 0.6) is 0 Å². The van der Waals surface area contributed by atoms with Gasteiger partial charge in [-0.05, 0) is 49.4 Å². The molecular weight excluding hydrogens is 374 g/mol. The molecule has 1 saturated carbocycles. The Kier molecular flexibility index (Phi) is 6.20. The molecule has 6 heteroatoms. The van der Waals surface area contributed by atoms with Crippen LogP contribution in [0.4, 0.5) is 0 Å². The summed E-state index contributed by atoms with van der Waals surface area (Å²) in [5.41, 5.74) is 3.32. The van der Waals surface area contributed by atoms with Crippen LogP contribution in [0, 0.1) is 0 Å². The number of sulfonamides is 1. The number of rotatable bonds is 6. The molecular formula is C22H27NO4S. The van der Waals surface area contributed by atoms with Gasteiger partial charge in [-0.25, -0.2) is 17.9 Å². The van der Waals surface area contributed by atoms with Crippen LogP contribution >= 0.6 is 0 Å². The van der Waals surface area contributed by atoms with Gasteiger partial charge in [0.25, 0.3) is 0 Å². The zero-order valence-electron chi connectivity index (χ0n) is 16.5. The van der Waals surface area contributed by atoms with Crippen molar-refractivity contribution in [2.45, 2.75) is 50.3 Å². The first-order valence-electron chi connectivity index (χ1n) is 9.63. The normalized spacial score (nSPS) is 19.7. The third-order valence-electron chi connectivity index (χ3n) is 5.42. The molecule has 2 aromatic carbocycles. The van der Waals surface area contributed by atoms with Gasteiger partial charge in [0.2, 0.25) is 10.0 Å². The van der Waals surface area contributed by atoms with E-state index >= 15 is 0 Å². The Morgan fingerprint density at radius 3 is 2.43 bits per heavy atom. The average molecular weight is 402 g/mol. The Labute approximate surface area is 167 Å². The molecule has 1 N–H and O–H groups in total. The van der Waals surface area contributed by atoms with E-state index in [0.717, 1.165) is 36.0 Å². The number of ether oxygens (including phenoxy) is 1. The van der Waals surface area contributed by atoms with E-state index in [1.165, 1.54) is 7.11 Å². The lowest BCUT2D eigenvalue weighted by Crippen LogP contribution is -2.40. The molecule has 0 bridgehead atoms. The molecule has 2 unspecified atom stereocenters. The van der Waals surface area contributed by atoms with Gasteiger partial charge in [0.15, 0.2) is 0 Å². The molecule has 28 heavy (non-hydrogen) atoms. The van der Waals surface area contributed by atoms with Gasteiger partial charge < -0.3 is 4.74 Å². The molecule has 0 heterocycles. The van der Waals surface area contributed by atoms with E-state index < -0.39 is 21.2 Å². The fourth-order valence-electron chi connectivity index (χ4n) is 3.92. The Hall–Kier alpha value is -2.18. The van der Waals surface area contributed by atoms with Gasteiger partial charge in [0.05, 0.1) is 17.9 Å². The summed E-state index contributed by atoms with van der Waals surface area (Å²) in [6, 6.07) is 15.2. The third kappa shape index (κ3) is 4.13. The summed E-state index contributed by atoms with van der Waals surface area (Å²) < 4.78 is 32.9. The van der Waals surface area contributed by atoms with Gasteiger partial charge in [-0.1, -0.05) is 48.9 Å². The highest BCUT2D eigenvalue weighted by Gasteiger charge is 2.36. The summed E-state index contributed by atoms with van der Waals surface area (Å²) in [4.78, 5) is 12.5. The summed E-state index contributed by atoms with van der Waals surface area (Å²) >= 11 is 0. The van der Waals surface area contributed by atoms with Crippen molar-refractivity contribution in [3.8, 4) is 11.1 Å². The molecule has 0 saturated heterocycles. The monoisotopic (exact) mass is 401 g/mol. The zero-order chi connectivity index (χ0) is 20.3. The molecule has 1 aliphatic carbocycles. The Bertz CT molecular complexity index is 938. The summed E-state index contributed by atoms with van der Waals surface area (Å²) in [5.74, 6) is -0.482. The van der Waals surface area contributed by atoms with E-state index in [0.29, 0.717) is 5.56 Å². The van der Waals surface area contributed by atoms with Crippen LogP contribution < -0.4 is 4.72 Å². The molecule has 2 aromatic rings. The van der Waals surface area contributed by atoms with Crippen LogP contribution in [0.3, 0.4) is 0 Å². The van der Waals surface area contributed by atoms with E-state index in [-0.39, 0.29) is 12.0 Å². The smallest absolute Gasteiger partial charge is 0.338 e. The number of hydrogen-bond donors (Lipinski definition) is 1. The van der Waals surface area contributed by atoms with Crippen LogP contribution in [0.1, 0.15) is 54.9 Å². The van der Waals surface area contributed by atoms with E-state index in [9.17, 15) is 13.2 Å². The Balaban J connectivity index is 2.12. The lowest BCUT2D eigenvalue weighted by Gasteiger charge is -2.26. The largest absolute Gasteiger partial charge is 0.465 e. The zero-order valence-corrected chi connectivity index (χ0v) is 17.3. The fourth-order valence-corrected chi connectivity index (χ4v) is 4.89. The molecule has 3 rings (SSSR count). The molecule has 0 spiro atoms. The predicted octanol–water partition coefficient (Wildman–Crippen LogP) is 4.10. The van der Waals surface area contributed by atoms with Crippen molar-refractivity contribution in [3.63, 3.8) is 0 Å². The minimum Gasteiger partial charge on any atom is -0.465 e.